The molecule has 1 aliphatic carbocycles. The second-order valence-electron chi connectivity index (χ2n) is 7.40. The van der Waals surface area contributed by atoms with Crippen LogP contribution in [0.1, 0.15) is 41.0 Å². The van der Waals surface area contributed by atoms with Crippen molar-refractivity contribution in [1.29, 1.82) is 0 Å². The van der Waals surface area contributed by atoms with E-state index < -0.39 is 35.4 Å². The number of Topliss-reactive ketones (excluding diaryl/α,β-unsaturated/α-hetero) is 1. The minimum Gasteiger partial charge on any atom is -0.444 e. The molecule has 0 aromatic rings. The molecule has 0 radical (unpaired) electrons. The molecule has 0 bridgehead atoms. The average molecular weight is 392 g/mol. The van der Waals surface area contributed by atoms with Gasteiger partial charge in [-0.15, -0.1) is 0 Å². The van der Waals surface area contributed by atoms with Gasteiger partial charge < -0.3 is 19.5 Å². The predicted octanol–water partition coefficient (Wildman–Crippen LogP) is 3.62. The van der Waals surface area contributed by atoms with Gasteiger partial charge in [-0.2, -0.15) is 0 Å². The number of halogens is 2. The van der Waals surface area contributed by atoms with E-state index in [1.54, 1.807) is 20.8 Å². The Morgan fingerprint density at radius 2 is 1.88 bits per heavy atom. The smallest absolute Gasteiger partial charge is 0.408 e. The molecule has 0 aromatic carbocycles. The Labute approximate surface area is 157 Å². The zero-order valence-corrected chi connectivity index (χ0v) is 16.4. The largest absolute Gasteiger partial charge is 0.444 e. The van der Waals surface area contributed by atoms with Crippen molar-refractivity contribution in [2.45, 2.75) is 70.7 Å². The third kappa shape index (κ3) is 5.20. The van der Waals surface area contributed by atoms with Gasteiger partial charge in [-0.1, -0.05) is 23.2 Å². The number of hydrogen-bond acceptors (Lipinski definition) is 5. The molecule has 6 nitrogen and oxygen atoms in total. The fourth-order valence-electron chi connectivity index (χ4n) is 2.66. The lowest BCUT2D eigenvalue weighted by Gasteiger charge is -2.26. The van der Waals surface area contributed by atoms with Crippen molar-refractivity contribution >= 4 is 35.1 Å². The summed E-state index contributed by atoms with van der Waals surface area (Å²) in [6, 6.07) is -0.494. The first-order valence-electron chi connectivity index (χ1n) is 8.05. The molecule has 8 heteroatoms. The number of amides is 1. The third-order valence-electron chi connectivity index (χ3n) is 3.49. The van der Waals surface area contributed by atoms with E-state index in [1.807, 2.05) is 13.8 Å². The molecule has 0 unspecified atom stereocenters. The van der Waals surface area contributed by atoms with Crippen molar-refractivity contribution < 1.29 is 23.8 Å². The van der Waals surface area contributed by atoms with Gasteiger partial charge in [0.2, 0.25) is 5.78 Å². The molecule has 25 heavy (non-hydrogen) atoms. The average Bonchev–Trinajstić information content (AvgIpc) is 2.70. The van der Waals surface area contributed by atoms with Gasteiger partial charge in [0.05, 0.1) is 22.2 Å². The topological polar surface area (TPSA) is 73.9 Å². The van der Waals surface area contributed by atoms with Crippen LogP contribution >= 0.6 is 23.2 Å². The van der Waals surface area contributed by atoms with Gasteiger partial charge in [-0.05, 0) is 46.8 Å². The summed E-state index contributed by atoms with van der Waals surface area (Å²) in [5.41, 5.74) is -1.64. The van der Waals surface area contributed by atoms with Crippen molar-refractivity contribution in [3.05, 3.63) is 22.2 Å². The number of rotatable bonds is 3. The molecule has 1 aliphatic heterocycles. The van der Waals surface area contributed by atoms with E-state index in [-0.39, 0.29) is 16.2 Å². The molecule has 0 aromatic heterocycles. The number of ether oxygens (including phenoxy) is 3. The third-order valence-corrected chi connectivity index (χ3v) is 4.05. The van der Waals surface area contributed by atoms with Crippen LogP contribution in [0, 0.1) is 0 Å². The minimum absolute atomic E-state index is 0.0197. The molecular weight excluding hydrogens is 369 g/mol. The Morgan fingerprint density at radius 1 is 1.32 bits per heavy atom. The van der Waals surface area contributed by atoms with Crippen molar-refractivity contribution in [3.63, 3.8) is 0 Å². The molecule has 1 spiro atoms. The van der Waals surface area contributed by atoms with Crippen LogP contribution in [0.4, 0.5) is 4.79 Å². The van der Waals surface area contributed by atoms with Gasteiger partial charge in [0.25, 0.3) is 0 Å². The number of allylic oxidation sites excluding steroid dienone is 2. The molecule has 0 saturated carbocycles. The van der Waals surface area contributed by atoms with Gasteiger partial charge in [-0.25, -0.2) is 4.79 Å². The SMILES string of the molecule is CC(C)O[C@@H]1OC2(C=C(Cl)C(=O)C(Cl)=C2)C[C@@H]1NC(=O)OC(C)(C)C. The quantitative estimate of drug-likeness (QED) is 0.794. The van der Waals surface area contributed by atoms with E-state index in [1.165, 1.54) is 12.2 Å². The lowest BCUT2D eigenvalue weighted by atomic mass is 9.92. The Kier molecular flexibility index (Phi) is 5.88. The van der Waals surface area contributed by atoms with Crippen molar-refractivity contribution in [1.82, 2.24) is 5.32 Å². The van der Waals surface area contributed by atoms with E-state index in [9.17, 15) is 9.59 Å². The number of carbonyl (C=O) groups excluding carboxylic acids is 2. The molecule has 2 atom stereocenters. The lowest BCUT2D eigenvalue weighted by molar-refractivity contribution is -0.169. The Hall–Kier alpha value is -1.08. The zero-order chi connectivity index (χ0) is 19.0. The molecule has 1 saturated heterocycles. The van der Waals surface area contributed by atoms with Crippen LogP contribution in [-0.2, 0) is 19.0 Å². The second kappa shape index (κ2) is 7.27. The number of ketones is 1. The lowest BCUT2D eigenvalue weighted by Crippen LogP contribution is -2.44. The van der Waals surface area contributed by atoms with E-state index in [0.29, 0.717) is 6.42 Å². The fraction of sp³-hybridized carbons (Fsp3) is 0.647. The Balaban J connectivity index is 2.21. The van der Waals surface area contributed by atoms with E-state index in [2.05, 4.69) is 5.32 Å². The highest BCUT2D eigenvalue weighted by Gasteiger charge is 2.48. The van der Waals surface area contributed by atoms with E-state index in [0.717, 1.165) is 0 Å². The van der Waals surface area contributed by atoms with Crippen molar-refractivity contribution in [2.24, 2.45) is 0 Å². The number of carbonyl (C=O) groups is 2. The van der Waals surface area contributed by atoms with Crippen LogP contribution in [0.2, 0.25) is 0 Å². The van der Waals surface area contributed by atoms with Crippen LogP contribution in [-0.4, -0.2) is 41.5 Å². The predicted molar refractivity (Wildman–Crippen MR) is 94.5 cm³/mol. The zero-order valence-electron chi connectivity index (χ0n) is 14.9. The number of nitrogens with one attached hydrogen (secondary N) is 1. The summed E-state index contributed by atoms with van der Waals surface area (Å²) < 4.78 is 17.0. The van der Waals surface area contributed by atoms with Crippen LogP contribution in [0.5, 0.6) is 0 Å². The summed E-state index contributed by atoms with van der Waals surface area (Å²) in [6.45, 7) is 9.04. The minimum atomic E-state index is -1.01. The van der Waals surface area contributed by atoms with Gasteiger partial charge >= 0.3 is 6.09 Å². The van der Waals surface area contributed by atoms with Crippen LogP contribution in [0.25, 0.3) is 0 Å². The second-order valence-corrected chi connectivity index (χ2v) is 8.21. The first kappa shape index (κ1) is 20.2. The van der Waals surface area contributed by atoms with E-state index >= 15 is 0 Å². The highest BCUT2D eigenvalue weighted by molar-refractivity contribution is 6.55. The summed E-state index contributed by atoms with van der Waals surface area (Å²) in [7, 11) is 0. The highest BCUT2D eigenvalue weighted by atomic mass is 35.5. The molecule has 2 aliphatic rings. The van der Waals surface area contributed by atoms with Crippen LogP contribution in [0.3, 0.4) is 0 Å². The molecular formula is C17H23Cl2NO5. The van der Waals surface area contributed by atoms with Crippen molar-refractivity contribution in [2.75, 3.05) is 0 Å². The molecule has 1 fully saturated rings. The maximum absolute atomic E-state index is 12.1. The van der Waals surface area contributed by atoms with E-state index in [4.69, 9.17) is 37.4 Å². The Bertz CT molecular complexity index is 599. The Morgan fingerprint density at radius 3 is 2.36 bits per heavy atom. The van der Waals surface area contributed by atoms with Crippen LogP contribution < -0.4 is 5.32 Å². The number of alkyl carbamates (subject to hydrolysis) is 1. The summed E-state index contributed by atoms with van der Waals surface area (Å²) in [5, 5.41) is 2.72. The normalized spacial score (nSPS) is 25.8. The molecule has 140 valence electrons. The summed E-state index contributed by atoms with van der Waals surface area (Å²) in [4.78, 5) is 23.9. The molecule has 1 N–H and O–H groups in total. The van der Waals surface area contributed by atoms with Crippen LogP contribution in [0.15, 0.2) is 22.2 Å². The first-order valence-corrected chi connectivity index (χ1v) is 8.80. The van der Waals surface area contributed by atoms with Gasteiger partial charge in [0.1, 0.15) is 11.2 Å². The molecule has 2 rings (SSSR count). The van der Waals surface area contributed by atoms with Gasteiger partial charge in [0.15, 0.2) is 6.29 Å². The monoisotopic (exact) mass is 391 g/mol. The van der Waals surface area contributed by atoms with Gasteiger partial charge in [0, 0.05) is 6.42 Å². The highest BCUT2D eigenvalue weighted by Crippen LogP contribution is 2.40. The van der Waals surface area contributed by atoms with Gasteiger partial charge in [-0.3, -0.25) is 4.79 Å². The molecule has 1 amide bonds. The first-order chi connectivity index (χ1) is 11.4. The summed E-state index contributed by atoms with van der Waals surface area (Å²) in [5.74, 6) is -0.456. The number of hydrogen-bond donors (Lipinski definition) is 1. The molecule has 1 heterocycles. The maximum atomic E-state index is 12.1. The fourth-order valence-corrected chi connectivity index (χ4v) is 3.28. The van der Waals surface area contributed by atoms with Crippen molar-refractivity contribution in [3.8, 4) is 0 Å². The summed E-state index contributed by atoms with van der Waals surface area (Å²) in [6.07, 6.45) is 1.86. The standard InChI is InChI=1S/C17H23Cl2NO5/c1-9(2)23-14-12(20-15(22)25-16(3,4)5)8-17(24-14)6-10(18)13(21)11(19)7-17/h6-7,9,12,14H,8H2,1-5H3,(H,20,22)/t12-,14+/m0/s1. The summed E-state index contributed by atoms with van der Waals surface area (Å²) >= 11 is 12.0. The maximum Gasteiger partial charge on any atom is 0.408 e.